The second-order valence-electron chi connectivity index (χ2n) is 14.6. The molecule has 0 radical (unpaired) electrons. The van der Waals surface area contributed by atoms with Gasteiger partial charge >= 0.3 is 0 Å². The van der Waals surface area contributed by atoms with Gasteiger partial charge < -0.3 is 13.9 Å². The van der Waals surface area contributed by atoms with Gasteiger partial charge in [0.05, 0.1) is 16.7 Å². The van der Waals surface area contributed by atoms with Gasteiger partial charge in [-0.05, 0) is 94.5 Å². The lowest BCUT2D eigenvalue weighted by atomic mass is 9.98. The van der Waals surface area contributed by atoms with E-state index in [4.69, 9.17) is 4.42 Å². The molecule has 0 atom stereocenters. The molecule has 11 aromatic rings. The van der Waals surface area contributed by atoms with Crippen molar-refractivity contribution in [3.05, 3.63) is 218 Å². The van der Waals surface area contributed by atoms with E-state index in [2.05, 4.69) is 155 Å². The maximum atomic E-state index is 15.7. The van der Waals surface area contributed by atoms with Crippen LogP contribution in [0.4, 0.5) is 21.5 Å². The first-order valence-electron chi connectivity index (χ1n) is 19.5. The molecule has 0 aliphatic heterocycles. The minimum absolute atomic E-state index is 0.243. The molecular formula is C54H35FN2O. The maximum Gasteiger partial charge on any atom is 0.147 e. The highest BCUT2D eigenvalue weighted by atomic mass is 19.1. The molecule has 0 N–H and O–H groups in total. The van der Waals surface area contributed by atoms with Gasteiger partial charge in [0.1, 0.15) is 17.0 Å². The zero-order chi connectivity index (χ0) is 38.6. The molecule has 0 bridgehead atoms. The average molecular weight is 747 g/mol. The molecule has 0 aliphatic carbocycles. The van der Waals surface area contributed by atoms with E-state index in [1.54, 1.807) is 12.1 Å². The molecule has 0 saturated heterocycles. The number of nitrogens with zero attached hydrogens (tertiary/aromatic N) is 2. The molecule has 3 nitrogen and oxygen atoms in total. The smallest absolute Gasteiger partial charge is 0.147 e. The molecule has 9 aromatic carbocycles. The van der Waals surface area contributed by atoms with Crippen LogP contribution < -0.4 is 4.90 Å². The Hall–Kier alpha value is -7.69. The summed E-state index contributed by atoms with van der Waals surface area (Å²) in [5, 5.41) is 4.16. The van der Waals surface area contributed by atoms with Crippen LogP contribution in [0.1, 0.15) is 0 Å². The number of furan rings is 1. The Morgan fingerprint density at radius 2 is 0.983 bits per heavy atom. The molecule has 0 amide bonds. The fraction of sp³-hybridized carbons (Fsp3) is 0. The van der Waals surface area contributed by atoms with E-state index in [9.17, 15) is 0 Å². The third-order valence-corrected chi connectivity index (χ3v) is 11.3. The zero-order valence-electron chi connectivity index (χ0n) is 31.4. The molecule has 11 rings (SSSR count). The SMILES string of the molecule is Fc1cccc2c3ccccc3n(-c3ccccc3-c3ccc(N(c4ccc(-c5cccc6oc7ccccc7c56)cc4)c4cccc(-c5ccccc5)c4)cc3)c12. The monoisotopic (exact) mass is 746 g/mol. The summed E-state index contributed by atoms with van der Waals surface area (Å²) < 4.78 is 24.0. The van der Waals surface area contributed by atoms with E-state index >= 15 is 4.39 Å². The summed E-state index contributed by atoms with van der Waals surface area (Å²) in [7, 11) is 0. The highest BCUT2D eigenvalue weighted by molar-refractivity contribution is 6.12. The number of anilines is 3. The van der Waals surface area contributed by atoms with Crippen molar-refractivity contribution in [2.24, 2.45) is 0 Å². The van der Waals surface area contributed by atoms with Crippen LogP contribution in [0, 0.1) is 5.82 Å². The first kappa shape index (κ1) is 33.6. The minimum atomic E-state index is -0.243. The molecule has 2 aromatic heterocycles. The molecule has 0 spiro atoms. The maximum absolute atomic E-state index is 15.7. The molecule has 58 heavy (non-hydrogen) atoms. The Bertz CT molecular complexity index is 3290. The minimum Gasteiger partial charge on any atom is -0.456 e. The Labute approximate surface area is 335 Å². The Morgan fingerprint density at radius 3 is 1.79 bits per heavy atom. The van der Waals surface area contributed by atoms with Gasteiger partial charge in [0.15, 0.2) is 0 Å². The summed E-state index contributed by atoms with van der Waals surface area (Å²) in [6, 6.07) is 73.0. The van der Waals surface area contributed by atoms with Crippen molar-refractivity contribution < 1.29 is 8.81 Å². The van der Waals surface area contributed by atoms with Crippen LogP contribution in [0.25, 0.3) is 82.8 Å². The summed E-state index contributed by atoms with van der Waals surface area (Å²) >= 11 is 0. The lowest BCUT2D eigenvalue weighted by Gasteiger charge is -2.26. The van der Waals surface area contributed by atoms with Crippen LogP contribution >= 0.6 is 0 Å². The van der Waals surface area contributed by atoms with E-state index in [1.807, 2.05) is 54.6 Å². The summed E-state index contributed by atoms with van der Waals surface area (Å²) in [5.74, 6) is -0.243. The number of hydrogen-bond donors (Lipinski definition) is 0. The number of halogens is 1. The van der Waals surface area contributed by atoms with Gasteiger partial charge in [-0.1, -0.05) is 146 Å². The fourth-order valence-electron chi connectivity index (χ4n) is 8.64. The van der Waals surface area contributed by atoms with Crippen molar-refractivity contribution in [2.45, 2.75) is 0 Å². The highest BCUT2D eigenvalue weighted by Crippen LogP contribution is 2.42. The zero-order valence-corrected chi connectivity index (χ0v) is 31.4. The van der Waals surface area contributed by atoms with E-state index < -0.39 is 0 Å². The van der Waals surface area contributed by atoms with Crippen LogP contribution in [-0.2, 0) is 0 Å². The predicted octanol–water partition coefficient (Wildman–Crippen LogP) is 15.3. The van der Waals surface area contributed by atoms with Gasteiger partial charge in [0, 0.05) is 44.2 Å². The largest absolute Gasteiger partial charge is 0.456 e. The van der Waals surface area contributed by atoms with Gasteiger partial charge in [-0.3, -0.25) is 0 Å². The number of fused-ring (bicyclic) bond motifs is 6. The number of para-hydroxylation sites is 4. The number of benzene rings is 9. The quantitative estimate of drug-likeness (QED) is 0.162. The standard InChI is InChI=1S/C54H35FN2O/c55-48-22-11-21-46-45-18-5-8-24-50(45)57(54(46)48)49-23-7-4-17-43(49)37-27-31-40(32-28-37)56(42-16-10-15-39(35-42)36-13-2-1-3-14-36)41-33-29-38(30-34-41)44-20-12-26-52-53(44)47-19-6-9-25-51(47)58-52/h1-35H. The van der Waals surface area contributed by atoms with Gasteiger partial charge in [-0.2, -0.15) is 0 Å². The second kappa shape index (κ2) is 13.8. The molecular weight excluding hydrogens is 712 g/mol. The van der Waals surface area contributed by atoms with Crippen LogP contribution in [0.3, 0.4) is 0 Å². The summed E-state index contributed by atoms with van der Waals surface area (Å²) in [6.45, 7) is 0. The van der Waals surface area contributed by atoms with E-state index in [0.717, 1.165) is 94.4 Å². The van der Waals surface area contributed by atoms with Gasteiger partial charge in [-0.25, -0.2) is 4.39 Å². The van der Waals surface area contributed by atoms with E-state index in [-0.39, 0.29) is 5.82 Å². The molecule has 274 valence electrons. The van der Waals surface area contributed by atoms with Crippen LogP contribution in [0.15, 0.2) is 217 Å². The summed E-state index contributed by atoms with van der Waals surface area (Å²) in [5.41, 5.74) is 14.0. The number of hydrogen-bond acceptors (Lipinski definition) is 2. The molecule has 2 heterocycles. The first-order valence-corrected chi connectivity index (χ1v) is 19.5. The van der Waals surface area contributed by atoms with Crippen molar-refractivity contribution in [1.29, 1.82) is 0 Å². The normalized spacial score (nSPS) is 11.5. The topological polar surface area (TPSA) is 21.3 Å². The van der Waals surface area contributed by atoms with Crippen molar-refractivity contribution in [1.82, 2.24) is 4.57 Å². The lowest BCUT2D eigenvalue weighted by Crippen LogP contribution is -2.10. The van der Waals surface area contributed by atoms with E-state index in [1.165, 1.54) is 0 Å². The van der Waals surface area contributed by atoms with Crippen LogP contribution in [0.5, 0.6) is 0 Å². The van der Waals surface area contributed by atoms with E-state index in [0.29, 0.717) is 5.52 Å². The van der Waals surface area contributed by atoms with Gasteiger partial charge in [-0.15, -0.1) is 0 Å². The van der Waals surface area contributed by atoms with Crippen LogP contribution in [0.2, 0.25) is 0 Å². The number of rotatable bonds is 7. The second-order valence-corrected chi connectivity index (χ2v) is 14.6. The third kappa shape index (κ3) is 5.57. The fourth-order valence-corrected chi connectivity index (χ4v) is 8.64. The molecule has 0 fully saturated rings. The Balaban J connectivity index is 1.03. The molecule has 4 heteroatoms. The van der Waals surface area contributed by atoms with Crippen molar-refractivity contribution >= 4 is 60.8 Å². The summed E-state index contributed by atoms with van der Waals surface area (Å²) in [6.07, 6.45) is 0. The average Bonchev–Trinajstić information content (AvgIpc) is 3.84. The van der Waals surface area contributed by atoms with Gasteiger partial charge in [0.2, 0.25) is 0 Å². The van der Waals surface area contributed by atoms with Crippen molar-refractivity contribution in [3.8, 4) is 39.1 Å². The predicted molar refractivity (Wildman–Crippen MR) is 239 cm³/mol. The molecule has 0 saturated carbocycles. The van der Waals surface area contributed by atoms with Crippen molar-refractivity contribution in [3.63, 3.8) is 0 Å². The van der Waals surface area contributed by atoms with Crippen LogP contribution in [-0.4, -0.2) is 4.57 Å². The highest BCUT2D eigenvalue weighted by Gasteiger charge is 2.20. The number of aromatic nitrogens is 1. The first-order chi connectivity index (χ1) is 28.7. The summed E-state index contributed by atoms with van der Waals surface area (Å²) in [4.78, 5) is 2.31. The lowest BCUT2D eigenvalue weighted by molar-refractivity contribution is 0.635. The Morgan fingerprint density at radius 1 is 0.397 bits per heavy atom. The third-order valence-electron chi connectivity index (χ3n) is 11.3. The van der Waals surface area contributed by atoms with Crippen molar-refractivity contribution in [2.75, 3.05) is 4.90 Å². The molecule has 0 aliphatic rings. The van der Waals surface area contributed by atoms with Gasteiger partial charge in [0.25, 0.3) is 0 Å². The Kier molecular flexibility index (Phi) is 8.00. The molecule has 0 unspecified atom stereocenters.